The second kappa shape index (κ2) is 2.23. The predicted octanol–water partition coefficient (Wildman–Crippen LogP) is 2.07. The number of hydrogen-bond acceptors (Lipinski definition) is 1. The van der Waals surface area contributed by atoms with Crippen LogP contribution in [0.4, 0.5) is 0 Å². The van der Waals surface area contributed by atoms with Crippen molar-refractivity contribution in [3.8, 4) is 0 Å². The highest BCUT2D eigenvalue weighted by atomic mass is 16.5. The summed E-state index contributed by atoms with van der Waals surface area (Å²) in [5.41, 5.74) is 0. The molecule has 1 heteroatoms. The fraction of sp³-hybridized carbons (Fsp3) is 1.00. The van der Waals surface area contributed by atoms with Gasteiger partial charge >= 0.3 is 0 Å². The molecule has 2 unspecified atom stereocenters. The van der Waals surface area contributed by atoms with Crippen molar-refractivity contribution in [3.05, 3.63) is 0 Å². The number of ether oxygens (including phenoxy) is 1. The van der Waals surface area contributed by atoms with E-state index in [9.17, 15) is 0 Å². The zero-order valence-corrected chi connectivity index (χ0v) is 6.84. The molecule has 0 saturated heterocycles. The van der Waals surface area contributed by atoms with Crippen LogP contribution in [0.3, 0.4) is 0 Å². The molecule has 0 amide bonds. The van der Waals surface area contributed by atoms with Gasteiger partial charge in [-0.25, -0.2) is 0 Å². The molecule has 1 nitrogen and oxygen atoms in total. The minimum absolute atomic E-state index is 0.588. The molecule has 0 aliphatic heterocycles. The first-order valence-corrected chi connectivity index (χ1v) is 4.34. The lowest BCUT2D eigenvalue weighted by Crippen LogP contribution is -2.45. The highest BCUT2D eigenvalue weighted by Gasteiger charge is 2.43. The van der Waals surface area contributed by atoms with Gasteiger partial charge in [0.05, 0.1) is 6.10 Å². The van der Waals surface area contributed by atoms with E-state index in [2.05, 4.69) is 6.92 Å². The van der Waals surface area contributed by atoms with Gasteiger partial charge in [-0.3, -0.25) is 0 Å². The number of hydrogen-bond donors (Lipinski definition) is 0. The minimum atomic E-state index is 0.588. The van der Waals surface area contributed by atoms with E-state index < -0.39 is 0 Å². The monoisotopic (exact) mass is 140 g/mol. The maximum absolute atomic E-state index is 5.45. The van der Waals surface area contributed by atoms with E-state index in [0.717, 1.165) is 17.8 Å². The van der Waals surface area contributed by atoms with E-state index >= 15 is 0 Å². The van der Waals surface area contributed by atoms with Crippen molar-refractivity contribution in [2.24, 2.45) is 17.8 Å². The molecule has 0 spiro atoms. The Bertz CT molecular complexity index is 125. The van der Waals surface area contributed by atoms with Gasteiger partial charge in [-0.05, 0) is 37.0 Å². The van der Waals surface area contributed by atoms with Crippen LogP contribution in [0.25, 0.3) is 0 Å². The van der Waals surface area contributed by atoms with Gasteiger partial charge in [0.15, 0.2) is 0 Å². The normalized spacial score (nSPS) is 52.2. The maximum atomic E-state index is 5.45. The van der Waals surface area contributed by atoms with E-state index in [4.69, 9.17) is 4.74 Å². The van der Waals surface area contributed by atoms with Gasteiger partial charge in [-0.1, -0.05) is 6.92 Å². The lowest BCUT2D eigenvalue weighted by molar-refractivity contribution is -0.0885. The molecule has 2 bridgehead atoms. The van der Waals surface area contributed by atoms with Crippen molar-refractivity contribution in [2.45, 2.75) is 32.3 Å². The van der Waals surface area contributed by atoms with E-state index in [1.807, 2.05) is 7.11 Å². The Morgan fingerprint density at radius 1 is 1.20 bits per heavy atom. The van der Waals surface area contributed by atoms with Crippen LogP contribution >= 0.6 is 0 Å². The molecule has 3 saturated carbocycles. The average Bonchev–Trinajstić information content (AvgIpc) is 1.85. The summed E-state index contributed by atoms with van der Waals surface area (Å²) < 4.78 is 5.45. The summed E-state index contributed by atoms with van der Waals surface area (Å²) in [4.78, 5) is 0. The summed E-state index contributed by atoms with van der Waals surface area (Å²) in [5, 5.41) is 0. The van der Waals surface area contributed by atoms with E-state index in [1.165, 1.54) is 19.3 Å². The van der Waals surface area contributed by atoms with Gasteiger partial charge in [0, 0.05) is 7.11 Å². The molecule has 0 aromatic rings. The Hall–Kier alpha value is -0.0400. The van der Waals surface area contributed by atoms with E-state index in [1.54, 1.807) is 0 Å². The van der Waals surface area contributed by atoms with Crippen LogP contribution in [0.5, 0.6) is 0 Å². The molecule has 0 N–H and O–H groups in total. The quantitative estimate of drug-likeness (QED) is 0.541. The largest absolute Gasteiger partial charge is 0.381 e. The first kappa shape index (κ1) is 6.66. The fourth-order valence-corrected chi connectivity index (χ4v) is 2.80. The van der Waals surface area contributed by atoms with Gasteiger partial charge in [-0.15, -0.1) is 0 Å². The summed E-state index contributed by atoms with van der Waals surface area (Å²) in [6.07, 6.45) is 4.89. The molecule has 3 aliphatic rings. The third-order valence-corrected chi connectivity index (χ3v) is 3.27. The lowest BCUT2D eigenvalue weighted by Gasteiger charge is -2.49. The summed E-state index contributed by atoms with van der Waals surface area (Å²) in [6.45, 7) is 2.33. The first-order valence-electron chi connectivity index (χ1n) is 4.34. The van der Waals surface area contributed by atoms with Crippen molar-refractivity contribution in [1.82, 2.24) is 0 Å². The Labute approximate surface area is 62.8 Å². The van der Waals surface area contributed by atoms with Crippen molar-refractivity contribution in [1.29, 1.82) is 0 Å². The van der Waals surface area contributed by atoms with Crippen molar-refractivity contribution >= 4 is 0 Å². The molecule has 0 heterocycles. The van der Waals surface area contributed by atoms with Crippen LogP contribution in [0.2, 0.25) is 0 Å². The van der Waals surface area contributed by atoms with Crippen LogP contribution < -0.4 is 0 Å². The Morgan fingerprint density at radius 2 is 1.90 bits per heavy atom. The van der Waals surface area contributed by atoms with Gasteiger partial charge < -0.3 is 4.74 Å². The molecule has 3 fully saturated rings. The van der Waals surface area contributed by atoms with E-state index in [0.29, 0.717) is 6.10 Å². The van der Waals surface area contributed by atoms with Gasteiger partial charge in [0.25, 0.3) is 0 Å². The lowest BCUT2D eigenvalue weighted by atomic mass is 9.60. The Morgan fingerprint density at radius 3 is 2.30 bits per heavy atom. The fourth-order valence-electron chi connectivity index (χ4n) is 2.80. The van der Waals surface area contributed by atoms with Crippen molar-refractivity contribution in [2.75, 3.05) is 7.11 Å². The maximum Gasteiger partial charge on any atom is 0.0625 e. The Kier molecular flexibility index (Phi) is 1.48. The molecular weight excluding hydrogens is 124 g/mol. The van der Waals surface area contributed by atoms with Crippen molar-refractivity contribution in [3.63, 3.8) is 0 Å². The molecule has 2 atom stereocenters. The molecular formula is C9H16O. The minimum Gasteiger partial charge on any atom is -0.381 e. The van der Waals surface area contributed by atoms with Crippen LogP contribution in [0.15, 0.2) is 0 Å². The molecule has 0 radical (unpaired) electrons. The second-order valence-corrected chi connectivity index (χ2v) is 4.01. The van der Waals surface area contributed by atoms with Crippen LogP contribution in [0.1, 0.15) is 26.2 Å². The van der Waals surface area contributed by atoms with Crippen LogP contribution in [-0.4, -0.2) is 13.2 Å². The van der Waals surface area contributed by atoms with Crippen LogP contribution in [-0.2, 0) is 4.74 Å². The SMILES string of the molecule is COC1C(C)CC2CC1C2. The molecule has 10 heavy (non-hydrogen) atoms. The van der Waals surface area contributed by atoms with Crippen molar-refractivity contribution < 1.29 is 4.74 Å². The zero-order chi connectivity index (χ0) is 7.14. The molecule has 0 aromatic carbocycles. The van der Waals surface area contributed by atoms with Gasteiger partial charge in [0.2, 0.25) is 0 Å². The highest BCUT2D eigenvalue weighted by molar-refractivity contribution is 4.94. The standard InChI is InChI=1S/C9H16O/c1-6-3-7-4-8(5-7)9(6)10-2/h6-9H,3-5H2,1-2H3. The first-order chi connectivity index (χ1) is 4.81. The summed E-state index contributed by atoms with van der Waals surface area (Å²) in [5.74, 6) is 2.80. The highest BCUT2D eigenvalue weighted by Crippen LogP contribution is 2.48. The molecule has 3 rings (SSSR count). The average molecular weight is 140 g/mol. The topological polar surface area (TPSA) is 9.23 Å². The number of fused-ring (bicyclic) bond motifs is 2. The summed E-state index contributed by atoms with van der Waals surface area (Å²) >= 11 is 0. The molecule has 3 aliphatic carbocycles. The third-order valence-electron chi connectivity index (χ3n) is 3.27. The van der Waals surface area contributed by atoms with E-state index in [-0.39, 0.29) is 0 Å². The van der Waals surface area contributed by atoms with Crippen LogP contribution in [0, 0.1) is 17.8 Å². The Balaban J connectivity index is 2.01. The van der Waals surface area contributed by atoms with Gasteiger partial charge in [-0.2, -0.15) is 0 Å². The number of rotatable bonds is 1. The zero-order valence-electron chi connectivity index (χ0n) is 6.84. The smallest absolute Gasteiger partial charge is 0.0625 e. The third kappa shape index (κ3) is 0.800. The molecule has 0 aromatic heterocycles. The number of methoxy groups -OCH3 is 1. The summed E-state index contributed by atoms with van der Waals surface area (Å²) in [6, 6.07) is 0. The second-order valence-electron chi connectivity index (χ2n) is 4.01. The molecule has 58 valence electrons. The van der Waals surface area contributed by atoms with Gasteiger partial charge in [0.1, 0.15) is 0 Å². The predicted molar refractivity (Wildman–Crippen MR) is 40.8 cm³/mol. The summed E-state index contributed by atoms with van der Waals surface area (Å²) in [7, 11) is 1.86.